The van der Waals surface area contributed by atoms with Crippen LogP contribution in [0.1, 0.15) is 33.1 Å². The molecule has 0 spiro atoms. The highest BCUT2D eigenvalue weighted by Gasteiger charge is 2.20. The molecular weight excluding hydrogens is 232 g/mol. The van der Waals surface area contributed by atoms with Crippen molar-refractivity contribution in [3.05, 3.63) is 0 Å². The first kappa shape index (κ1) is 17.4. The van der Waals surface area contributed by atoms with Gasteiger partial charge in [0, 0.05) is 19.1 Å². The molecule has 0 atom stereocenters. The van der Waals surface area contributed by atoms with Gasteiger partial charge in [-0.1, -0.05) is 20.3 Å². The molecule has 0 aromatic carbocycles. The second-order valence-corrected chi connectivity index (χ2v) is 4.97. The van der Waals surface area contributed by atoms with Crippen LogP contribution in [-0.4, -0.2) is 46.0 Å². The molecule has 3 N–H and O–H groups in total. The van der Waals surface area contributed by atoms with Gasteiger partial charge in [-0.05, 0) is 12.8 Å². The second kappa shape index (κ2) is 10.3. The number of unbranched alkanes of at least 4 members (excludes halogenated alkanes) is 1. The first-order valence-electron chi connectivity index (χ1n) is 6.49. The van der Waals surface area contributed by atoms with Crippen LogP contribution in [0.15, 0.2) is 0 Å². The van der Waals surface area contributed by atoms with Gasteiger partial charge in [-0.2, -0.15) is 0 Å². The van der Waals surface area contributed by atoms with Gasteiger partial charge in [0.25, 0.3) is 0 Å². The van der Waals surface area contributed by atoms with Gasteiger partial charge in [-0.15, -0.1) is 0 Å². The topological polar surface area (TPSA) is 77.6 Å². The lowest BCUT2D eigenvalue weighted by Crippen LogP contribution is -2.30. The van der Waals surface area contributed by atoms with Crippen LogP contribution in [0, 0.1) is 10.8 Å². The lowest BCUT2D eigenvalue weighted by atomic mass is 9.86. The van der Waals surface area contributed by atoms with Crippen molar-refractivity contribution in [3.63, 3.8) is 0 Å². The van der Waals surface area contributed by atoms with Crippen LogP contribution in [0.3, 0.4) is 0 Å². The van der Waals surface area contributed by atoms with E-state index in [9.17, 15) is 0 Å². The molecule has 0 bridgehead atoms. The third-order valence-electron chi connectivity index (χ3n) is 2.87. The summed E-state index contributed by atoms with van der Waals surface area (Å²) in [4.78, 5) is 0. The molecule has 0 aliphatic rings. The van der Waals surface area contributed by atoms with Crippen molar-refractivity contribution in [3.8, 4) is 0 Å². The monoisotopic (exact) mass is 260 g/mol. The Hall–Kier alpha value is -0.650. The minimum atomic E-state index is -0.191. The van der Waals surface area contributed by atoms with E-state index in [0.29, 0.717) is 26.4 Å². The fourth-order valence-corrected chi connectivity index (χ4v) is 1.37. The van der Waals surface area contributed by atoms with E-state index in [4.69, 9.17) is 25.4 Å². The van der Waals surface area contributed by atoms with Gasteiger partial charge in [0.05, 0.1) is 32.3 Å². The van der Waals surface area contributed by atoms with Crippen molar-refractivity contribution < 1.29 is 14.2 Å². The molecule has 18 heavy (non-hydrogen) atoms. The van der Waals surface area contributed by atoms with Crippen LogP contribution < -0.4 is 5.73 Å². The lowest BCUT2D eigenvalue weighted by Gasteiger charge is -2.22. The zero-order chi connectivity index (χ0) is 13.9. The largest absolute Gasteiger partial charge is 0.387 e. The average molecular weight is 260 g/mol. The third-order valence-corrected chi connectivity index (χ3v) is 2.87. The number of nitrogens with two attached hydrogens (primary N) is 1. The molecule has 0 heterocycles. The average Bonchev–Trinajstić information content (AvgIpc) is 2.31. The van der Waals surface area contributed by atoms with Crippen molar-refractivity contribution in [2.24, 2.45) is 11.1 Å². The van der Waals surface area contributed by atoms with Crippen molar-refractivity contribution in [1.29, 1.82) is 5.41 Å². The minimum absolute atomic E-state index is 0.191. The van der Waals surface area contributed by atoms with Crippen molar-refractivity contribution in [1.82, 2.24) is 0 Å². The Bertz CT molecular complexity index is 220. The molecule has 0 unspecified atom stereocenters. The Morgan fingerprint density at radius 3 is 2.11 bits per heavy atom. The number of ether oxygens (including phenoxy) is 3. The predicted molar refractivity (Wildman–Crippen MR) is 73.1 cm³/mol. The third kappa shape index (κ3) is 9.39. The van der Waals surface area contributed by atoms with Gasteiger partial charge in [0.2, 0.25) is 0 Å². The highest BCUT2D eigenvalue weighted by molar-refractivity contribution is 5.82. The Balaban J connectivity index is 3.24. The Morgan fingerprint density at radius 1 is 1.00 bits per heavy atom. The molecule has 0 fully saturated rings. The molecule has 5 heteroatoms. The van der Waals surface area contributed by atoms with Crippen LogP contribution >= 0.6 is 0 Å². The van der Waals surface area contributed by atoms with Gasteiger partial charge >= 0.3 is 0 Å². The molecule has 0 aliphatic heterocycles. The van der Waals surface area contributed by atoms with E-state index < -0.39 is 0 Å². The fraction of sp³-hybridized carbons (Fsp3) is 0.923. The van der Waals surface area contributed by atoms with Crippen LogP contribution in [0.2, 0.25) is 0 Å². The van der Waals surface area contributed by atoms with Crippen LogP contribution in [0.5, 0.6) is 0 Å². The van der Waals surface area contributed by atoms with Crippen LogP contribution in [-0.2, 0) is 14.2 Å². The summed E-state index contributed by atoms with van der Waals surface area (Å²) in [6.45, 7) is 7.22. The molecule has 0 saturated carbocycles. The van der Waals surface area contributed by atoms with Crippen molar-refractivity contribution >= 4 is 5.84 Å². The predicted octanol–water partition coefficient (Wildman–Crippen LogP) is 1.80. The SMILES string of the molecule is COCCOCCOCCCCC(C)(C)C(=N)N. The van der Waals surface area contributed by atoms with E-state index >= 15 is 0 Å². The van der Waals surface area contributed by atoms with E-state index in [1.165, 1.54) is 0 Å². The smallest absolute Gasteiger partial charge is 0.0963 e. The van der Waals surface area contributed by atoms with E-state index in [1.54, 1.807) is 7.11 Å². The van der Waals surface area contributed by atoms with E-state index in [1.807, 2.05) is 13.8 Å². The van der Waals surface area contributed by atoms with E-state index in [2.05, 4.69) is 0 Å². The highest BCUT2D eigenvalue weighted by atomic mass is 16.5. The number of nitrogens with one attached hydrogen (secondary N) is 1. The summed E-state index contributed by atoms with van der Waals surface area (Å²) in [5.74, 6) is 0.259. The molecule has 0 rings (SSSR count). The molecule has 108 valence electrons. The quantitative estimate of drug-likeness (QED) is 0.319. The molecule has 0 aromatic rings. The van der Waals surface area contributed by atoms with Crippen molar-refractivity contribution in [2.45, 2.75) is 33.1 Å². The molecule has 0 aromatic heterocycles. The molecule has 5 nitrogen and oxygen atoms in total. The van der Waals surface area contributed by atoms with Crippen molar-refractivity contribution in [2.75, 3.05) is 40.1 Å². The summed E-state index contributed by atoms with van der Waals surface area (Å²) >= 11 is 0. The maximum Gasteiger partial charge on any atom is 0.0963 e. The van der Waals surface area contributed by atoms with E-state index in [0.717, 1.165) is 25.9 Å². The summed E-state index contributed by atoms with van der Waals surface area (Å²) in [6.07, 6.45) is 2.95. The van der Waals surface area contributed by atoms with Gasteiger partial charge in [-0.3, -0.25) is 5.41 Å². The molecule has 0 aliphatic carbocycles. The summed E-state index contributed by atoms with van der Waals surface area (Å²) in [7, 11) is 1.66. The maximum atomic E-state index is 7.44. The lowest BCUT2D eigenvalue weighted by molar-refractivity contribution is 0.0238. The van der Waals surface area contributed by atoms with Gasteiger partial charge < -0.3 is 19.9 Å². The van der Waals surface area contributed by atoms with Crippen LogP contribution in [0.4, 0.5) is 0 Å². The summed E-state index contributed by atoms with van der Waals surface area (Å²) in [5.41, 5.74) is 5.32. The zero-order valence-electron chi connectivity index (χ0n) is 12.0. The highest BCUT2D eigenvalue weighted by Crippen LogP contribution is 2.22. The molecule has 0 amide bonds. The Morgan fingerprint density at radius 2 is 1.56 bits per heavy atom. The van der Waals surface area contributed by atoms with Gasteiger partial charge in [0.15, 0.2) is 0 Å². The molecular formula is C13H28N2O3. The van der Waals surface area contributed by atoms with Gasteiger partial charge in [0.1, 0.15) is 0 Å². The number of methoxy groups -OCH3 is 1. The second-order valence-electron chi connectivity index (χ2n) is 4.97. The summed E-state index contributed by atoms with van der Waals surface area (Å²) in [5, 5.41) is 7.44. The maximum absolute atomic E-state index is 7.44. The summed E-state index contributed by atoms with van der Waals surface area (Å²) in [6, 6.07) is 0. The first-order valence-corrected chi connectivity index (χ1v) is 6.49. The Labute approximate surface area is 110 Å². The molecule has 0 saturated heterocycles. The summed E-state index contributed by atoms with van der Waals surface area (Å²) < 4.78 is 15.6. The van der Waals surface area contributed by atoms with Crippen LogP contribution in [0.25, 0.3) is 0 Å². The number of amidine groups is 1. The number of hydrogen-bond acceptors (Lipinski definition) is 4. The standard InChI is InChI=1S/C13H28N2O3/c1-13(2,12(14)15)6-4-5-7-17-10-11-18-9-8-16-3/h4-11H2,1-3H3,(H3,14,15). The zero-order valence-corrected chi connectivity index (χ0v) is 12.0. The fourth-order valence-electron chi connectivity index (χ4n) is 1.37. The normalized spacial score (nSPS) is 11.7. The van der Waals surface area contributed by atoms with E-state index in [-0.39, 0.29) is 11.3 Å². The number of hydrogen-bond donors (Lipinski definition) is 2. The Kier molecular flexibility index (Phi) is 9.92. The number of rotatable bonds is 12. The minimum Gasteiger partial charge on any atom is -0.387 e. The first-order chi connectivity index (χ1) is 8.50. The molecule has 0 radical (unpaired) electrons. The van der Waals surface area contributed by atoms with Gasteiger partial charge in [-0.25, -0.2) is 0 Å².